The van der Waals surface area contributed by atoms with Crippen molar-refractivity contribution in [2.24, 2.45) is 0 Å². The number of hydrogen-bond donors (Lipinski definition) is 0. The fourth-order valence-corrected chi connectivity index (χ4v) is 1.40. The Morgan fingerprint density at radius 3 is 2.75 bits per heavy atom. The van der Waals surface area contributed by atoms with Crippen LogP contribution in [0.5, 0.6) is 0 Å². The molecule has 1 aliphatic heterocycles. The summed E-state index contributed by atoms with van der Waals surface area (Å²) >= 11 is 0. The first-order valence-electron chi connectivity index (χ1n) is 2.39. The monoisotopic (exact) mass is 132 g/mol. The Balaban J connectivity index is 2.87. The largest absolute Gasteiger partial charge is 0.295 e. The minimum absolute atomic E-state index is 0.541. The zero-order chi connectivity index (χ0) is 6.04. The third-order valence-corrected chi connectivity index (χ3v) is 2.04. The lowest BCUT2D eigenvalue weighted by molar-refractivity contribution is 0.352. The molecule has 0 spiro atoms. The molecular weight excluding hydrogens is 124 g/mol. The molecule has 3 heteroatoms. The summed E-state index contributed by atoms with van der Waals surface area (Å²) in [6.45, 7) is 0.541. The second-order valence-electron chi connectivity index (χ2n) is 1.65. The highest BCUT2D eigenvalue weighted by Gasteiger charge is 2.01. The SMILES string of the molecule is C=S1(=O)C=CCCO1. The molecule has 8 heavy (non-hydrogen) atoms. The molecular formula is C5H8O2S. The summed E-state index contributed by atoms with van der Waals surface area (Å²) in [5.74, 6) is 3.35. The van der Waals surface area contributed by atoms with Gasteiger partial charge in [-0.3, -0.25) is 4.18 Å². The summed E-state index contributed by atoms with van der Waals surface area (Å²) in [7, 11) is -2.26. The first-order valence-corrected chi connectivity index (χ1v) is 4.10. The van der Waals surface area contributed by atoms with Crippen LogP contribution in [0, 0.1) is 0 Å². The highest BCUT2D eigenvalue weighted by Crippen LogP contribution is 2.03. The molecule has 1 aliphatic rings. The van der Waals surface area contributed by atoms with E-state index in [4.69, 9.17) is 4.18 Å². The van der Waals surface area contributed by atoms with E-state index in [9.17, 15) is 4.21 Å². The lowest BCUT2D eigenvalue weighted by atomic mass is 10.5. The quantitative estimate of drug-likeness (QED) is 0.450. The molecule has 0 aliphatic carbocycles. The Hall–Kier alpha value is -0.280. The third-order valence-electron chi connectivity index (χ3n) is 0.871. The van der Waals surface area contributed by atoms with Gasteiger partial charge in [0.05, 0.1) is 16.4 Å². The average molecular weight is 132 g/mol. The van der Waals surface area contributed by atoms with E-state index in [0.717, 1.165) is 6.42 Å². The summed E-state index contributed by atoms with van der Waals surface area (Å²) < 4.78 is 15.6. The van der Waals surface area contributed by atoms with Crippen molar-refractivity contribution >= 4 is 15.7 Å². The van der Waals surface area contributed by atoms with Crippen molar-refractivity contribution < 1.29 is 8.39 Å². The van der Waals surface area contributed by atoms with Gasteiger partial charge in [0.25, 0.3) is 0 Å². The van der Waals surface area contributed by atoms with Gasteiger partial charge >= 0.3 is 0 Å². The standard InChI is InChI=1S/C5H8O2S/c1-8(6)5-3-2-4-7-8/h3,5H,1-2,4H2. The molecule has 0 aromatic heterocycles. The molecule has 0 aromatic rings. The van der Waals surface area contributed by atoms with Crippen LogP contribution in [-0.4, -0.2) is 16.7 Å². The van der Waals surface area contributed by atoms with Crippen LogP contribution < -0.4 is 0 Å². The molecule has 0 N–H and O–H groups in total. The summed E-state index contributed by atoms with van der Waals surface area (Å²) in [4.78, 5) is 0. The van der Waals surface area contributed by atoms with E-state index in [1.54, 1.807) is 0 Å². The van der Waals surface area contributed by atoms with Gasteiger partial charge in [-0.25, -0.2) is 4.21 Å². The van der Waals surface area contributed by atoms with Gasteiger partial charge in [-0.05, 0) is 12.3 Å². The maximum absolute atomic E-state index is 10.8. The molecule has 0 radical (unpaired) electrons. The van der Waals surface area contributed by atoms with Crippen molar-refractivity contribution in [2.75, 3.05) is 6.61 Å². The summed E-state index contributed by atoms with van der Waals surface area (Å²) in [5, 5.41) is 1.52. The maximum Gasteiger partial charge on any atom is 0.0988 e. The van der Waals surface area contributed by atoms with Crippen LogP contribution in [0.25, 0.3) is 0 Å². The van der Waals surface area contributed by atoms with Gasteiger partial charge in [-0.2, -0.15) is 0 Å². The number of rotatable bonds is 0. The predicted octanol–water partition coefficient (Wildman–Crippen LogP) is 0.552. The Kier molecular flexibility index (Phi) is 1.40. The van der Waals surface area contributed by atoms with E-state index in [-0.39, 0.29) is 0 Å². The Labute approximate surface area is 49.4 Å². The van der Waals surface area contributed by atoms with Crippen molar-refractivity contribution in [1.29, 1.82) is 0 Å². The molecule has 1 rings (SSSR count). The van der Waals surface area contributed by atoms with Crippen LogP contribution in [0.3, 0.4) is 0 Å². The fraction of sp³-hybridized carbons (Fsp3) is 0.400. The van der Waals surface area contributed by atoms with Gasteiger partial charge in [-0.15, -0.1) is 0 Å². The summed E-state index contributed by atoms with van der Waals surface area (Å²) in [6.07, 6.45) is 2.69. The molecule has 1 heterocycles. The van der Waals surface area contributed by atoms with Crippen LogP contribution in [0.15, 0.2) is 11.5 Å². The second-order valence-corrected chi connectivity index (χ2v) is 3.48. The molecule has 1 atom stereocenters. The number of hydrogen-bond acceptors (Lipinski definition) is 2. The van der Waals surface area contributed by atoms with E-state index in [1.807, 2.05) is 6.08 Å². The molecule has 1 unspecified atom stereocenters. The zero-order valence-electron chi connectivity index (χ0n) is 4.50. The molecule has 0 bridgehead atoms. The van der Waals surface area contributed by atoms with Crippen LogP contribution >= 0.6 is 0 Å². The molecule has 0 fully saturated rings. The van der Waals surface area contributed by atoms with E-state index < -0.39 is 9.80 Å². The van der Waals surface area contributed by atoms with Gasteiger partial charge in [0.2, 0.25) is 0 Å². The zero-order valence-corrected chi connectivity index (χ0v) is 5.32. The van der Waals surface area contributed by atoms with Crippen LogP contribution in [0.2, 0.25) is 0 Å². The third kappa shape index (κ3) is 1.35. The van der Waals surface area contributed by atoms with E-state index in [2.05, 4.69) is 5.87 Å². The van der Waals surface area contributed by atoms with E-state index >= 15 is 0 Å². The normalized spacial score (nSPS) is 37.5. The van der Waals surface area contributed by atoms with Crippen LogP contribution in [-0.2, 0) is 14.0 Å². The van der Waals surface area contributed by atoms with Crippen molar-refractivity contribution in [3.63, 3.8) is 0 Å². The lowest BCUT2D eigenvalue weighted by Gasteiger charge is -2.07. The van der Waals surface area contributed by atoms with E-state index in [1.165, 1.54) is 5.41 Å². The van der Waals surface area contributed by atoms with Gasteiger partial charge in [0, 0.05) is 5.41 Å². The van der Waals surface area contributed by atoms with Crippen LogP contribution in [0.4, 0.5) is 0 Å². The maximum atomic E-state index is 10.8. The van der Waals surface area contributed by atoms with Gasteiger partial charge < -0.3 is 0 Å². The first-order chi connectivity index (χ1) is 3.71. The summed E-state index contributed by atoms with van der Waals surface area (Å²) in [5.41, 5.74) is 0. The van der Waals surface area contributed by atoms with E-state index in [0.29, 0.717) is 6.61 Å². The lowest BCUT2D eigenvalue weighted by Crippen LogP contribution is -2.06. The van der Waals surface area contributed by atoms with Crippen molar-refractivity contribution in [3.8, 4) is 0 Å². The topological polar surface area (TPSA) is 26.3 Å². The molecule has 0 aromatic carbocycles. The predicted molar refractivity (Wildman–Crippen MR) is 35.0 cm³/mol. The molecule has 0 amide bonds. The Morgan fingerprint density at radius 2 is 2.50 bits per heavy atom. The summed E-state index contributed by atoms with van der Waals surface area (Å²) in [6, 6.07) is 0. The van der Waals surface area contributed by atoms with Crippen LogP contribution in [0.1, 0.15) is 6.42 Å². The fourth-order valence-electron chi connectivity index (χ4n) is 0.511. The Bertz CT molecular complexity index is 188. The molecule has 46 valence electrons. The minimum atomic E-state index is -2.26. The smallest absolute Gasteiger partial charge is 0.0988 e. The Morgan fingerprint density at radius 1 is 1.75 bits per heavy atom. The highest BCUT2D eigenvalue weighted by molar-refractivity contribution is 7.98. The van der Waals surface area contributed by atoms with Crippen molar-refractivity contribution in [2.45, 2.75) is 6.42 Å². The second kappa shape index (κ2) is 1.91. The molecule has 2 nitrogen and oxygen atoms in total. The van der Waals surface area contributed by atoms with Gasteiger partial charge in [-0.1, -0.05) is 6.08 Å². The van der Waals surface area contributed by atoms with Crippen molar-refractivity contribution in [1.82, 2.24) is 0 Å². The minimum Gasteiger partial charge on any atom is -0.295 e. The van der Waals surface area contributed by atoms with Gasteiger partial charge in [0.15, 0.2) is 0 Å². The average Bonchev–Trinajstić information content (AvgIpc) is 1.65. The van der Waals surface area contributed by atoms with Crippen molar-refractivity contribution in [3.05, 3.63) is 11.5 Å². The molecule has 0 saturated carbocycles. The molecule has 0 saturated heterocycles. The van der Waals surface area contributed by atoms with Gasteiger partial charge in [0.1, 0.15) is 0 Å². The highest BCUT2D eigenvalue weighted by atomic mass is 32.2. The first kappa shape index (κ1) is 5.85.